The number of ether oxygens (including phenoxy) is 1. The minimum atomic E-state index is 0.744. The predicted octanol–water partition coefficient (Wildman–Crippen LogP) is 4.37. The number of methoxy groups -OCH3 is 1. The molecule has 1 aromatic rings. The minimum Gasteiger partial charge on any atom is -0.385 e. The summed E-state index contributed by atoms with van der Waals surface area (Å²) in [6.45, 7) is 3.05. The fourth-order valence-corrected chi connectivity index (χ4v) is 2.64. The first-order valence-electron chi connectivity index (χ1n) is 6.36. The molecule has 0 aromatic heterocycles. The average molecular weight is 299 g/mol. The Labute approximate surface area is 114 Å². The second-order valence-corrected chi connectivity index (χ2v) is 5.35. The molecule has 0 aliphatic heterocycles. The van der Waals surface area contributed by atoms with Gasteiger partial charge < -0.3 is 4.74 Å². The van der Waals surface area contributed by atoms with Gasteiger partial charge in [-0.05, 0) is 37.7 Å². The molecule has 0 bridgehead atoms. The zero-order valence-corrected chi connectivity index (χ0v) is 12.5. The molecule has 0 heterocycles. The van der Waals surface area contributed by atoms with Crippen molar-refractivity contribution in [2.45, 2.75) is 32.6 Å². The molecule has 0 saturated carbocycles. The molecule has 2 heteroatoms. The van der Waals surface area contributed by atoms with Crippen molar-refractivity contribution in [1.82, 2.24) is 0 Å². The molecule has 0 N–H and O–H groups in total. The van der Waals surface area contributed by atoms with Crippen molar-refractivity contribution in [3.63, 3.8) is 0 Å². The van der Waals surface area contributed by atoms with Crippen molar-refractivity contribution in [1.29, 1.82) is 0 Å². The highest BCUT2D eigenvalue weighted by Crippen LogP contribution is 2.18. The fraction of sp³-hybridized carbons (Fsp3) is 0.600. The number of unbranched alkanes of at least 4 members (excludes halogenated alkanes) is 1. The van der Waals surface area contributed by atoms with Gasteiger partial charge in [0.05, 0.1) is 0 Å². The Hall–Kier alpha value is -0.340. The van der Waals surface area contributed by atoms with Gasteiger partial charge in [0.1, 0.15) is 0 Å². The Morgan fingerprint density at radius 3 is 2.76 bits per heavy atom. The van der Waals surface area contributed by atoms with Crippen molar-refractivity contribution in [2.24, 2.45) is 5.92 Å². The van der Waals surface area contributed by atoms with Gasteiger partial charge in [0.2, 0.25) is 0 Å². The molecule has 1 rings (SSSR count). The smallest absolute Gasteiger partial charge is 0.0462 e. The molecule has 1 unspecified atom stereocenters. The molecule has 1 atom stereocenters. The van der Waals surface area contributed by atoms with Crippen LogP contribution in [0.3, 0.4) is 0 Å². The monoisotopic (exact) mass is 298 g/mol. The second-order valence-electron chi connectivity index (χ2n) is 4.70. The van der Waals surface area contributed by atoms with E-state index in [-0.39, 0.29) is 0 Å². The van der Waals surface area contributed by atoms with Crippen LogP contribution in [0, 0.1) is 12.8 Å². The number of rotatable bonds is 8. The molecule has 0 aliphatic carbocycles. The maximum absolute atomic E-state index is 5.08. The maximum Gasteiger partial charge on any atom is 0.0462 e. The molecule has 96 valence electrons. The lowest BCUT2D eigenvalue weighted by Gasteiger charge is -2.14. The van der Waals surface area contributed by atoms with E-state index in [9.17, 15) is 0 Å². The zero-order chi connectivity index (χ0) is 12.5. The second kappa shape index (κ2) is 8.71. The highest BCUT2D eigenvalue weighted by atomic mass is 79.9. The summed E-state index contributed by atoms with van der Waals surface area (Å²) in [6, 6.07) is 8.84. The van der Waals surface area contributed by atoms with E-state index < -0.39 is 0 Å². The van der Waals surface area contributed by atoms with Gasteiger partial charge >= 0.3 is 0 Å². The first-order chi connectivity index (χ1) is 8.26. The molecule has 0 aliphatic rings. The van der Waals surface area contributed by atoms with Gasteiger partial charge in [-0.15, -0.1) is 0 Å². The first kappa shape index (κ1) is 14.7. The number of benzene rings is 1. The number of aryl methyl sites for hydroxylation is 1. The lowest BCUT2D eigenvalue weighted by molar-refractivity contribution is 0.190. The molecule has 17 heavy (non-hydrogen) atoms. The average Bonchev–Trinajstić information content (AvgIpc) is 2.33. The van der Waals surface area contributed by atoms with Crippen LogP contribution in [-0.4, -0.2) is 19.0 Å². The topological polar surface area (TPSA) is 9.23 Å². The van der Waals surface area contributed by atoms with E-state index in [4.69, 9.17) is 4.74 Å². The van der Waals surface area contributed by atoms with Crippen LogP contribution < -0.4 is 0 Å². The van der Waals surface area contributed by atoms with Crippen molar-refractivity contribution < 1.29 is 4.74 Å². The SMILES string of the molecule is COCCCCC(CBr)Cc1cccc(C)c1. The van der Waals surface area contributed by atoms with Crippen LogP contribution in [0.15, 0.2) is 24.3 Å². The van der Waals surface area contributed by atoms with Crippen molar-refractivity contribution in [3.05, 3.63) is 35.4 Å². The third-order valence-corrected chi connectivity index (χ3v) is 3.95. The van der Waals surface area contributed by atoms with Gasteiger partial charge in [0, 0.05) is 19.0 Å². The lowest BCUT2D eigenvalue weighted by Crippen LogP contribution is -2.07. The van der Waals surface area contributed by atoms with Crippen LogP contribution in [-0.2, 0) is 11.2 Å². The van der Waals surface area contributed by atoms with Gasteiger partial charge in [-0.1, -0.05) is 52.2 Å². The van der Waals surface area contributed by atoms with Crippen LogP contribution in [0.2, 0.25) is 0 Å². The molecule has 1 aromatic carbocycles. The van der Waals surface area contributed by atoms with Crippen LogP contribution in [0.5, 0.6) is 0 Å². The molecular formula is C15H23BrO. The summed E-state index contributed by atoms with van der Waals surface area (Å²) in [7, 11) is 1.77. The van der Waals surface area contributed by atoms with E-state index in [0.717, 1.165) is 17.9 Å². The summed E-state index contributed by atoms with van der Waals surface area (Å²) in [5.74, 6) is 0.744. The summed E-state index contributed by atoms with van der Waals surface area (Å²) >= 11 is 3.63. The van der Waals surface area contributed by atoms with E-state index in [2.05, 4.69) is 47.1 Å². The van der Waals surface area contributed by atoms with E-state index in [1.54, 1.807) is 7.11 Å². The van der Waals surface area contributed by atoms with Crippen LogP contribution in [0.4, 0.5) is 0 Å². The van der Waals surface area contributed by atoms with Crippen LogP contribution in [0.25, 0.3) is 0 Å². The molecule has 0 fully saturated rings. The number of halogens is 1. The summed E-state index contributed by atoms with van der Waals surface area (Å²) in [6.07, 6.45) is 4.90. The molecular weight excluding hydrogens is 276 g/mol. The van der Waals surface area contributed by atoms with E-state index in [0.29, 0.717) is 0 Å². The van der Waals surface area contributed by atoms with Crippen molar-refractivity contribution in [2.75, 3.05) is 19.0 Å². The number of hydrogen-bond acceptors (Lipinski definition) is 1. The van der Waals surface area contributed by atoms with Crippen LogP contribution >= 0.6 is 15.9 Å². The van der Waals surface area contributed by atoms with E-state index in [1.807, 2.05) is 0 Å². The Morgan fingerprint density at radius 1 is 1.29 bits per heavy atom. The summed E-state index contributed by atoms with van der Waals surface area (Å²) < 4.78 is 5.08. The Balaban J connectivity index is 2.35. The standard InChI is InChI=1S/C15H23BrO/c1-13-6-5-8-14(10-13)11-15(12-16)7-3-4-9-17-2/h5-6,8,10,15H,3-4,7,9,11-12H2,1-2H3. The quantitative estimate of drug-likeness (QED) is 0.512. The molecule has 0 spiro atoms. The van der Waals surface area contributed by atoms with Gasteiger partial charge in [0.15, 0.2) is 0 Å². The largest absolute Gasteiger partial charge is 0.385 e. The predicted molar refractivity (Wildman–Crippen MR) is 77.9 cm³/mol. The molecule has 0 amide bonds. The fourth-order valence-electron chi connectivity index (χ4n) is 2.09. The third-order valence-electron chi connectivity index (χ3n) is 3.04. The minimum absolute atomic E-state index is 0.744. The van der Waals surface area contributed by atoms with Crippen molar-refractivity contribution >= 4 is 15.9 Å². The van der Waals surface area contributed by atoms with Crippen molar-refractivity contribution in [3.8, 4) is 0 Å². The zero-order valence-electron chi connectivity index (χ0n) is 10.9. The number of hydrogen-bond donors (Lipinski definition) is 0. The third kappa shape index (κ3) is 6.23. The highest BCUT2D eigenvalue weighted by molar-refractivity contribution is 9.09. The maximum atomic E-state index is 5.08. The Bertz CT molecular complexity index is 312. The lowest BCUT2D eigenvalue weighted by atomic mass is 9.95. The van der Waals surface area contributed by atoms with Gasteiger partial charge in [0.25, 0.3) is 0 Å². The van der Waals surface area contributed by atoms with Gasteiger partial charge in [-0.2, -0.15) is 0 Å². The molecule has 0 saturated heterocycles. The molecule has 1 nitrogen and oxygen atoms in total. The van der Waals surface area contributed by atoms with E-state index in [1.165, 1.54) is 36.8 Å². The highest BCUT2D eigenvalue weighted by Gasteiger charge is 2.08. The Morgan fingerprint density at radius 2 is 2.12 bits per heavy atom. The summed E-state index contributed by atoms with van der Waals surface area (Å²) in [5.41, 5.74) is 2.82. The van der Waals surface area contributed by atoms with Crippen LogP contribution in [0.1, 0.15) is 30.4 Å². The van der Waals surface area contributed by atoms with E-state index >= 15 is 0 Å². The van der Waals surface area contributed by atoms with Gasteiger partial charge in [-0.25, -0.2) is 0 Å². The Kier molecular flexibility index (Phi) is 7.54. The normalized spacial score (nSPS) is 12.6. The number of alkyl halides is 1. The van der Waals surface area contributed by atoms with Gasteiger partial charge in [-0.3, -0.25) is 0 Å². The molecule has 0 radical (unpaired) electrons. The summed E-state index contributed by atoms with van der Waals surface area (Å²) in [5, 5.41) is 1.09. The summed E-state index contributed by atoms with van der Waals surface area (Å²) in [4.78, 5) is 0. The first-order valence-corrected chi connectivity index (χ1v) is 7.49.